The number of tetrazole rings is 1. The zero-order valence-electron chi connectivity index (χ0n) is 12.1. The Bertz CT molecular complexity index is 584. The maximum atomic E-state index is 4.21. The summed E-state index contributed by atoms with van der Waals surface area (Å²) in [6, 6.07) is 6.40. The average molecular weight is 271 g/mol. The van der Waals surface area contributed by atoms with Gasteiger partial charge in [-0.2, -0.15) is 0 Å². The lowest BCUT2D eigenvalue weighted by molar-refractivity contribution is 0.320. The lowest BCUT2D eigenvalue weighted by Gasteiger charge is -2.22. The second kappa shape index (κ2) is 5.71. The Hall–Kier alpha value is -1.75. The quantitative estimate of drug-likeness (QED) is 0.927. The third kappa shape index (κ3) is 2.72. The van der Waals surface area contributed by atoms with Gasteiger partial charge in [-0.3, -0.25) is 0 Å². The molecule has 106 valence electrons. The minimum Gasteiger partial charge on any atom is -0.317 e. The van der Waals surface area contributed by atoms with Gasteiger partial charge in [-0.15, -0.1) is 5.10 Å². The summed E-state index contributed by atoms with van der Waals surface area (Å²) < 4.78 is 1.96. The molecule has 0 aliphatic carbocycles. The van der Waals surface area contributed by atoms with Crippen LogP contribution in [-0.4, -0.2) is 33.3 Å². The van der Waals surface area contributed by atoms with E-state index in [-0.39, 0.29) is 0 Å². The summed E-state index contributed by atoms with van der Waals surface area (Å²) in [5.41, 5.74) is 3.68. The minimum atomic E-state index is 0.671. The van der Waals surface area contributed by atoms with E-state index in [0.717, 1.165) is 31.0 Å². The smallest absolute Gasteiger partial charge is 0.182 e. The van der Waals surface area contributed by atoms with E-state index in [4.69, 9.17) is 0 Å². The zero-order chi connectivity index (χ0) is 13.9. The highest BCUT2D eigenvalue weighted by molar-refractivity contribution is 5.56. The van der Waals surface area contributed by atoms with Gasteiger partial charge < -0.3 is 5.32 Å². The van der Waals surface area contributed by atoms with E-state index in [1.54, 1.807) is 0 Å². The van der Waals surface area contributed by atoms with Crippen LogP contribution in [0.25, 0.3) is 11.4 Å². The van der Waals surface area contributed by atoms with Crippen LogP contribution in [0.2, 0.25) is 0 Å². The molecule has 5 heteroatoms. The third-order valence-corrected chi connectivity index (χ3v) is 4.19. The van der Waals surface area contributed by atoms with Crippen LogP contribution in [0, 0.1) is 19.8 Å². The summed E-state index contributed by atoms with van der Waals surface area (Å²) in [6.07, 6.45) is 2.40. The number of benzene rings is 1. The van der Waals surface area contributed by atoms with Crippen LogP contribution in [0.4, 0.5) is 0 Å². The highest BCUT2D eigenvalue weighted by Crippen LogP contribution is 2.21. The largest absolute Gasteiger partial charge is 0.317 e. The topological polar surface area (TPSA) is 55.6 Å². The highest BCUT2D eigenvalue weighted by atomic mass is 15.5. The predicted molar refractivity (Wildman–Crippen MR) is 78.3 cm³/mol. The summed E-state index contributed by atoms with van der Waals surface area (Å²) in [5, 5.41) is 15.6. The lowest BCUT2D eigenvalue weighted by Crippen LogP contribution is -2.30. The molecule has 0 radical (unpaired) electrons. The van der Waals surface area contributed by atoms with Crippen molar-refractivity contribution in [1.82, 2.24) is 25.5 Å². The molecule has 1 aliphatic rings. The maximum Gasteiger partial charge on any atom is 0.182 e. The number of hydrogen-bond acceptors (Lipinski definition) is 4. The van der Waals surface area contributed by atoms with E-state index < -0.39 is 0 Å². The second-order valence-electron chi connectivity index (χ2n) is 5.68. The van der Waals surface area contributed by atoms with Gasteiger partial charge >= 0.3 is 0 Å². The van der Waals surface area contributed by atoms with E-state index in [9.17, 15) is 0 Å². The van der Waals surface area contributed by atoms with E-state index >= 15 is 0 Å². The Morgan fingerprint density at radius 3 is 2.75 bits per heavy atom. The molecule has 0 amide bonds. The Balaban J connectivity index is 1.83. The van der Waals surface area contributed by atoms with Crippen LogP contribution in [-0.2, 0) is 6.54 Å². The standard InChI is InChI=1S/C15H21N5/c1-11-3-4-14(9-12(11)2)15-17-18-19-20(15)10-13-5-7-16-8-6-13/h3-4,9,13,16H,5-8,10H2,1-2H3. The van der Waals surface area contributed by atoms with Crippen molar-refractivity contribution in [1.29, 1.82) is 0 Å². The van der Waals surface area contributed by atoms with Gasteiger partial charge in [0.05, 0.1) is 0 Å². The molecule has 3 rings (SSSR count). The van der Waals surface area contributed by atoms with Gasteiger partial charge in [-0.05, 0) is 73.3 Å². The maximum absolute atomic E-state index is 4.21. The highest BCUT2D eigenvalue weighted by Gasteiger charge is 2.17. The Morgan fingerprint density at radius 1 is 1.20 bits per heavy atom. The van der Waals surface area contributed by atoms with Crippen molar-refractivity contribution in [3.63, 3.8) is 0 Å². The molecule has 1 N–H and O–H groups in total. The number of aromatic nitrogens is 4. The van der Waals surface area contributed by atoms with Gasteiger partial charge in [0.2, 0.25) is 0 Å². The Labute approximate surface area is 119 Å². The third-order valence-electron chi connectivity index (χ3n) is 4.19. The van der Waals surface area contributed by atoms with Gasteiger partial charge in [-0.25, -0.2) is 4.68 Å². The molecule has 0 unspecified atom stereocenters. The number of piperidine rings is 1. The molecule has 1 saturated heterocycles. The average Bonchev–Trinajstić information content (AvgIpc) is 2.91. The van der Waals surface area contributed by atoms with Crippen LogP contribution >= 0.6 is 0 Å². The molecule has 0 saturated carbocycles. The SMILES string of the molecule is Cc1ccc(-c2nnnn2CC2CCNCC2)cc1C. The number of aryl methyl sites for hydroxylation is 2. The summed E-state index contributed by atoms with van der Waals surface area (Å²) in [4.78, 5) is 0. The van der Waals surface area contributed by atoms with Crippen LogP contribution < -0.4 is 5.32 Å². The molecule has 0 atom stereocenters. The van der Waals surface area contributed by atoms with Crippen molar-refractivity contribution in [3.8, 4) is 11.4 Å². The first-order chi connectivity index (χ1) is 9.74. The van der Waals surface area contributed by atoms with Gasteiger partial charge in [-0.1, -0.05) is 12.1 Å². The van der Waals surface area contributed by atoms with Crippen LogP contribution in [0.15, 0.2) is 18.2 Å². The number of nitrogens with zero attached hydrogens (tertiary/aromatic N) is 4. The van der Waals surface area contributed by atoms with Crippen LogP contribution in [0.5, 0.6) is 0 Å². The first-order valence-corrected chi connectivity index (χ1v) is 7.28. The van der Waals surface area contributed by atoms with Crippen LogP contribution in [0.3, 0.4) is 0 Å². The summed E-state index contributed by atoms with van der Waals surface area (Å²) in [5.74, 6) is 1.55. The normalized spacial score (nSPS) is 16.5. The molecule has 5 nitrogen and oxygen atoms in total. The molecular formula is C15H21N5. The fraction of sp³-hybridized carbons (Fsp3) is 0.533. The van der Waals surface area contributed by atoms with Crippen molar-refractivity contribution in [2.45, 2.75) is 33.2 Å². The van der Waals surface area contributed by atoms with E-state index in [2.05, 4.69) is 52.9 Å². The Morgan fingerprint density at radius 2 is 2.00 bits per heavy atom. The fourth-order valence-corrected chi connectivity index (χ4v) is 2.72. The minimum absolute atomic E-state index is 0.671. The van der Waals surface area contributed by atoms with Gasteiger partial charge in [0.25, 0.3) is 0 Å². The zero-order valence-corrected chi connectivity index (χ0v) is 12.1. The van der Waals surface area contributed by atoms with Crippen molar-refractivity contribution >= 4 is 0 Å². The van der Waals surface area contributed by atoms with Crippen molar-refractivity contribution < 1.29 is 0 Å². The molecular weight excluding hydrogens is 250 g/mol. The van der Waals surface area contributed by atoms with E-state index in [0.29, 0.717) is 5.92 Å². The molecule has 1 fully saturated rings. The number of hydrogen-bond donors (Lipinski definition) is 1. The van der Waals surface area contributed by atoms with Crippen LogP contribution in [0.1, 0.15) is 24.0 Å². The first kappa shape index (κ1) is 13.2. The molecule has 20 heavy (non-hydrogen) atoms. The molecule has 0 spiro atoms. The summed E-state index contributed by atoms with van der Waals surface area (Å²) >= 11 is 0. The molecule has 0 bridgehead atoms. The number of rotatable bonds is 3. The summed E-state index contributed by atoms with van der Waals surface area (Å²) in [7, 11) is 0. The Kier molecular flexibility index (Phi) is 3.78. The van der Waals surface area contributed by atoms with Crippen molar-refractivity contribution in [3.05, 3.63) is 29.3 Å². The first-order valence-electron chi connectivity index (χ1n) is 7.28. The van der Waals surface area contributed by atoms with Crippen molar-refractivity contribution in [2.24, 2.45) is 5.92 Å². The monoisotopic (exact) mass is 271 g/mol. The van der Waals surface area contributed by atoms with E-state index in [1.807, 2.05) is 4.68 Å². The molecule has 1 aromatic carbocycles. The van der Waals surface area contributed by atoms with Gasteiger partial charge in [0, 0.05) is 12.1 Å². The number of nitrogens with one attached hydrogen (secondary N) is 1. The second-order valence-corrected chi connectivity index (χ2v) is 5.68. The molecule has 2 heterocycles. The van der Waals surface area contributed by atoms with Gasteiger partial charge in [0.15, 0.2) is 5.82 Å². The summed E-state index contributed by atoms with van der Waals surface area (Å²) in [6.45, 7) is 7.37. The van der Waals surface area contributed by atoms with Crippen molar-refractivity contribution in [2.75, 3.05) is 13.1 Å². The molecule has 1 aromatic heterocycles. The predicted octanol–water partition coefficient (Wildman–Crippen LogP) is 1.96. The molecule has 2 aromatic rings. The molecule has 1 aliphatic heterocycles. The fourth-order valence-electron chi connectivity index (χ4n) is 2.72. The van der Waals surface area contributed by atoms with Gasteiger partial charge in [0.1, 0.15) is 0 Å². The van der Waals surface area contributed by atoms with E-state index in [1.165, 1.54) is 24.0 Å². The lowest BCUT2D eigenvalue weighted by atomic mass is 9.98.